The fourth-order valence-corrected chi connectivity index (χ4v) is 0.971. The quantitative estimate of drug-likeness (QED) is 0.514. The van der Waals surface area contributed by atoms with Gasteiger partial charge in [0.2, 0.25) is 0 Å². The average Bonchev–Trinajstić information content (AvgIpc) is 2.19. The van der Waals surface area contributed by atoms with Gasteiger partial charge in [0.15, 0.2) is 0 Å². The van der Waals surface area contributed by atoms with E-state index in [9.17, 15) is 0 Å². The molecule has 13 heavy (non-hydrogen) atoms. The van der Waals surface area contributed by atoms with Crippen molar-refractivity contribution in [3.63, 3.8) is 0 Å². The lowest BCUT2D eigenvalue weighted by Crippen LogP contribution is -2.43. The predicted octanol–water partition coefficient (Wildman–Crippen LogP) is 0.160. The molecule has 0 unspecified atom stereocenters. The summed E-state index contributed by atoms with van der Waals surface area (Å²) in [5, 5.41) is 21.5. The minimum absolute atomic E-state index is 0.274. The molecular weight excluding hydrogens is 174 g/mol. The van der Waals surface area contributed by atoms with Crippen molar-refractivity contribution >= 4 is 24.2 Å². The number of nitrogens with zero attached hydrogens (tertiary/aromatic N) is 9. The van der Waals surface area contributed by atoms with Crippen molar-refractivity contribution in [2.75, 3.05) is 0 Å². The van der Waals surface area contributed by atoms with Crippen LogP contribution in [0, 0.1) is 0 Å². The average molecular weight is 175 g/mol. The third kappa shape index (κ3) is 0.745. The van der Waals surface area contributed by atoms with Crippen LogP contribution in [-0.2, 0) is 0 Å². The number of guanidine groups is 3. The largest absolute Gasteiger partial charge is 0.282 e. The van der Waals surface area contributed by atoms with E-state index in [4.69, 9.17) is 0 Å². The fourth-order valence-electron chi connectivity index (χ4n) is 0.971. The summed E-state index contributed by atoms with van der Waals surface area (Å²) in [6.07, 6.45) is 1.33. The van der Waals surface area contributed by atoms with Gasteiger partial charge in [-0.2, -0.15) is 9.98 Å². The first-order valence-corrected chi connectivity index (χ1v) is 3.33. The van der Waals surface area contributed by atoms with Crippen molar-refractivity contribution in [2.45, 2.75) is 0 Å². The van der Waals surface area contributed by atoms with E-state index in [1.54, 1.807) is 0 Å². The van der Waals surface area contributed by atoms with E-state index < -0.39 is 0 Å². The molecule has 0 spiro atoms. The maximum absolute atomic E-state index is 3.86. The highest BCUT2D eigenvalue weighted by molar-refractivity contribution is 6.19. The van der Waals surface area contributed by atoms with Crippen molar-refractivity contribution in [1.29, 1.82) is 0 Å². The Bertz CT molecular complexity index is 368. The molecule has 0 aromatic carbocycles. The molecular formula is C4HN9. The summed E-state index contributed by atoms with van der Waals surface area (Å²) in [4.78, 5) is 9.18. The maximum atomic E-state index is 3.86. The molecule has 3 aliphatic heterocycles. The zero-order valence-electron chi connectivity index (χ0n) is 6.10. The Hall–Kier alpha value is -2.32. The number of hydrogen-bond donors (Lipinski definition) is 0. The molecule has 0 saturated heterocycles. The van der Waals surface area contributed by atoms with E-state index in [1.165, 1.54) is 11.2 Å². The molecule has 0 saturated carbocycles. The first kappa shape index (κ1) is 6.22. The lowest BCUT2D eigenvalue weighted by Gasteiger charge is -2.23. The van der Waals surface area contributed by atoms with Crippen LogP contribution in [0.2, 0.25) is 0 Å². The molecule has 0 amide bonds. The highest BCUT2D eigenvalue weighted by Gasteiger charge is 2.30. The van der Waals surface area contributed by atoms with Crippen molar-refractivity contribution in [3.05, 3.63) is 0 Å². The molecule has 0 bridgehead atoms. The number of rotatable bonds is 0. The smallest absolute Gasteiger partial charge is 0.207 e. The highest BCUT2D eigenvalue weighted by atomic mass is 15.6. The molecule has 9 nitrogen and oxygen atoms in total. The van der Waals surface area contributed by atoms with E-state index in [0.29, 0.717) is 11.9 Å². The van der Waals surface area contributed by atoms with Crippen LogP contribution in [0.5, 0.6) is 0 Å². The second kappa shape index (κ2) is 2.09. The molecule has 3 rings (SSSR count). The third-order valence-corrected chi connectivity index (χ3v) is 1.48. The topological polar surface area (TPSA) is 102 Å². The van der Waals surface area contributed by atoms with Crippen molar-refractivity contribution in [3.8, 4) is 0 Å². The molecule has 0 atom stereocenters. The van der Waals surface area contributed by atoms with E-state index in [0.717, 1.165) is 0 Å². The molecule has 0 fully saturated rings. The SMILES string of the molecule is C1=NC2=NN=NC3=NN=NC(=N1)N23. The Morgan fingerprint density at radius 2 is 1.69 bits per heavy atom. The van der Waals surface area contributed by atoms with Gasteiger partial charge in [-0.05, 0) is 10.4 Å². The highest BCUT2D eigenvalue weighted by Crippen LogP contribution is 2.14. The molecule has 0 N–H and O–H groups in total. The molecule has 0 aromatic rings. The summed E-state index contributed by atoms with van der Waals surface area (Å²) in [7, 11) is 0. The maximum Gasteiger partial charge on any atom is 0.282 e. The number of hydrogen-bond acceptors (Lipinski definition) is 9. The molecule has 62 valence electrons. The summed E-state index contributed by atoms with van der Waals surface area (Å²) < 4.78 is 0. The fraction of sp³-hybridized carbons (Fsp3) is 0. The van der Waals surface area contributed by atoms with Gasteiger partial charge < -0.3 is 0 Å². The van der Waals surface area contributed by atoms with Crippen LogP contribution in [0.4, 0.5) is 0 Å². The van der Waals surface area contributed by atoms with Gasteiger partial charge in [-0.1, -0.05) is 20.4 Å². The summed E-state index contributed by atoms with van der Waals surface area (Å²) in [5.74, 6) is 0.963. The standard InChI is InChI=1S/C4HN9/c1-5-2-7-11-9-4-10-12-8-3(6-1)13(2)4/h1H. The monoisotopic (exact) mass is 175 g/mol. The minimum Gasteiger partial charge on any atom is -0.207 e. The van der Waals surface area contributed by atoms with Gasteiger partial charge in [0, 0.05) is 0 Å². The predicted molar refractivity (Wildman–Crippen MR) is 42.3 cm³/mol. The van der Waals surface area contributed by atoms with Gasteiger partial charge in [0.1, 0.15) is 6.34 Å². The van der Waals surface area contributed by atoms with Crippen LogP contribution in [0.1, 0.15) is 0 Å². The molecule has 0 aliphatic carbocycles. The van der Waals surface area contributed by atoms with E-state index in [-0.39, 0.29) is 5.96 Å². The molecule has 3 heterocycles. The van der Waals surface area contributed by atoms with Gasteiger partial charge in [-0.3, -0.25) is 0 Å². The van der Waals surface area contributed by atoms with Gasteiger partial charge in [0.25, 0.3) is 17.9 Å². The van der Waals surface area contributed by atoms with Gasteiger partial charge in [-0.15, -0.1) is 0 Å². The molecule has 0 radical (unpaired) electrons. The summed E-state index contributed by atoms with van der Waals surface area (Å²) in [6.45, 7) is 0. The van der Waals surface area contributed by atoms with Crippen LogP contribution in [0.3, 0.4) is 0 Å². The Morgan fingerprint density at radius 1 is 0.923 bits per heavy atom. The molecule has 0 aromatic heterocycles. The van der Waals surface area contributed by atoms with Crippen LogP contribution >= 0.6 is 0 Å². The minimum atomic E-state index is 0.274. The van der Waals surface area contributed by atoms with Gasteiger partial charge in [0.05, 0.1) is 0 Å². The van der Waals surface area contributed by atoms with Gasteiger partial charge >= 0.3 is 0 Å². The normalized spacial score (nSPS) is 22.2. The van der Waals surface area contributed by atoms with Crippen LogP contribution in [0.25, 0.3) is 0 Å². The van der Waals surface area contributed by atoms with Crippen LogP contribution in [-0.4, -0.2) is 29.1 Å². The second-order valence-corrected chi connectivity index (χ2v) is 2.19. The lowest BCUT2D eigenvalue weighted by molar-refractivity contribution is 0.739. The van der Waals surface area contributed by atoms with Crippen molar-refractivity contribution in [2.24, 2.45) is 40.9 Å². The van der Waals surface area contributed by atoms with Crippen molar-refractivity contribution in [1.82, 2.24) is 4.90 Å². The summed E-state index contributed by atoms with van der Waals surface area (Å²) in [5.41, 5.74) is 0. The number of aliphatic imine (C=N–C) groups is 2. The Labute approximate surface area is 71.0 Å². The zero-order chi connectivity index (χ0) is 8.67. The summed E-state index contributed by atoms with van der Waals surface area (Å²) >= 11 is 0. The molecule has 9 heteroatoms. The van der Waals surface area contributed by atoms with Crippen LogP contribution in [0.15, 0.2) is 40.9 Å². The summed E-state index contributed by atoms with van der Waals surface area (Å²) in [6, 6.07) is 0. The van der Waals surface area contributed by atoms with Gasteiger partial charge in [-0.25, -0.2) is 4.90 Å². The Balaban J connectivity index is 2.23. The first-order valence-electron chi connectivity index (χ1n) is 3.33. The Kier molecular flexibility index (Phi) is 1.00. The zero-order valence-corrected chi connectivity index (χ0v) is 6.10. The van der Waals surface area contributed by atoms with Crippen LogP contribution < -0.4 is 0 Å². The third-order valence-electron chi connectivity index (χ3n) is 1.48. The van der Waals surface area contributed by atoms with Crippen molar-refractivity contribution < 1.29 is 0 Å². The van der Waals surface area contributed by atoms with E-state index in [1.807, 2.05) is 0 Å². The molecule has 3 aliphatic rings. The Morgan fingerprint density at radius 3 is 2.62 bits per heavy atom. The lowest BCUT2D eigenvalue weighted by atomic mass is 10.6. The second-order valence-electron chi connectivity index (χ2n) is 2.19. The van der Waals surface area contributed by atoms with E-state index >= 15 is 0 Å². The van der Waals surface area contributed by atoms with E-state index in [2.05, 4.69) is 40.9 Å². The first-order chi connectivity index (χ1) is 6.45.